The molecule has 0 N–H and O–H groups in total. The second kappa shape index (κ2) is 4.40. The molecule has 1 nitrogen and oxygen atoms in total. The Bertz CT molecular complexity index is 466. The number of hydrogen-bond donors (Lipinski definition) is 0. The highest BCUT2D eigenvalue weighted by atomic mass is 15.2. The molecule has 0 aromatic heterocycles. The van der Waals surface area contributed by atoms with Gasteiger partial charge in [0.2, 0.25) is 0 Å². The van der Waals surface area contributed by atoms with Crippen LogP contribution < -0.4 is 4.90 Å². The van der Waals surface area contributed by atoms with Crippen molar-refractivity contribution in [3.05, 3.63) is 53.8 Å². The van der Waals surface area contributed by atoms with Crippen molar-refractivity contribution in [3.8, 4) is 0 Å². The van der Waals surface area contributed by atoms with Crippen LogP contribution in [-0.2, 0) is 5.41 Å². The molecule has 0 atom stereocenters. The van der Waals surface area contributed by atoms with Crippen molar-refractivity contribution in [1.82, 2.24) is 0 Å². The number of likely N-dealkylation sites (N-methyl/N-ethyl adjacent to an activating group) is 1. The van der Waals surface area contributed by atoms with Crippen LogP contribution in [0.2, 0.25) is 0 Å². The lowest BCUT2D eigenvalue weighted by Crippen LogP contribution is -2.22. The van der Waals surface area contributed by atoms with Crippen LogP contribution in [0.25, 0.3) is 0 Å². The highest BCUT2D eigenvalue weighted by molar-refractivity contribution is 5.70. The number of allylic oxidation sites excluding steroid dienone is 4. The van der Waals surface area contributed by atoms with E-state index in [1.165, 1.54) is 16.9 Å². The van der Waals surface area contributed by atoms with Gasteiger partial charge < -0.3 is 4.90 Å². The number of rotatable bonds is 2. The molecule has 0 bridgehead atoms. The summed E-state index contributed by atoms with van der Waals surface area (Å²) in [4.78, 5) is 2.30. The van der Waals surface area contributed by atoms with Crippen LogP contribution >= 0.6 is 0 Å². The maximum absolute atomic E-state index is 2.30. The van der Waals surface area contributed by atoms with Crippen LogP contribution in [0.3, 0.4) is 0 Å². The number of fused-ring (bicyclic) bond motifs is 1. The number of hydrogen-bond acceptors (Lipinski definition) is 1. The van der Waals surface area contributed by atoms with Gasteiger partial charge in [-0.3, -0.25) is 0 Å². The van der Waals surface area contributed by atoms with Gasteiger partial charge in [-0.15, -0.1) is 0 Å². The van der Waals surface area contributed by atoms with Gasteiger partial charge in [0.25, 0.3) is 0 Å². The molecule has 1 aliphatic rings. The summed E-state index contributed by atoms with van der Waals surface area (Å²) in [5.74, 6) is 0. The van der Waals surface area contributed by atoms with Gasteiger partial charge in [-0.1, -0.05) is 51.1 Å². The average molecular weight is 227 g/mol. The summed E-state index contributed by atoms with van der Waals surface area (Å²) >= 11 is 0. The highest BCUT2D eigenvalue weighted by Crippen LogP contribution is 2.46. The number of anilines is 1. The maximum atomic E-state index is 2.30. The standard InChI is InChI=1S/C16H21N/c1-5-6-7-12-15-16(2,3)13-10-8-9-11-14(13)17(15)4/h6-12H,5H2,1-4H3. The predicted octanol–water partition coefficient (Wildman–Crippen LogP) is 4.26. The largest absolute Gasteiger partial charge is 0.347 e. The van der Waals surface area contributed by atoms with E-state index in [-0.39, 0.29) is 5.41 Å². The Morgan fingerprint density at radius 2 is 1.94 bits per heavy atom. The van der Waals surface area contributed by atoms with Crippen LogP contribution in [0.1, 0.15) is 32.8 Å². The topological polar surface area (TPSA) is 3.24 Å². The van der Waals surface area contributed by atoms with E-state index in [1.54, 1.807) is 0 Å². The highest BCUT2D eigenvalue weighted by Gasteiger charge is 2.37. The van der Waals surface area contributed by atoms with Crippen molar-refractivity contribution >= 4 is 5.69 Å². The molecule has 1 aliphatic heterocycles. The summed E-state index contributed by atoms with van der Waals surface area (Å²) in [5.41, 5.74) is 4.21. The van der Waals surface area contributed by atoms with Crippen molar-refractivity contribution in [2.75, 3.05) is 11.9 Å². The van der Waals surface area contributed by atoms with Crippen molar-refractivity contribution in [3.63, 3.8) is 0 Å². The molecule has 0 unspecified atom stereocenters. The van der Waals surface area contributed by atoms with Gasteiger partial charge in [-0.2, -0.15) is 0 Å². The van der Waals surface area contributed by atoms with Gasteiger partial charge in [-0.05, 0) is 24.1 Å². The first kappa shape index (κ1) is 12.0. The van der Waals surface area contributed by atoms with E-state index in [1.807, 2.05) is 0 Å². The molecular weight excluding hydrogens is 206 g/mol. The minimum Gasteiger partial charge on any atom is -0.347 e. The molecule has 90 valence electrons. The maximum Gasteiger partial charge on any atom is 0.0447 e. The SMILES string of the molecule is CCC=CC=C1N(C)c2ccccc2C1(C)C. The van der Waals surface area contributed by atoms with Gasteiger partial charge in [0.05, 0.1) is 0 Å². The Balaban J connectivity index is 2.47. The minimum absolute atomic E-state index is 0.101. The fourth-order valence-corrected chi connectivity index (χ4v) is 2.60. The molecule has 0 amide bonds. The first-order valence-corrected chi connectivity index (χ1v) is 6.29. The zero-order valence-corrected chi connectivity index (χ0v) is 11.2. The van der Waals surface area contributed by atoms with Crippen LogP contribution in [0.4, 0.5) is 5.69 Å². The summed E-state index contributed by atoms with van der Waals surface area (Å²) in [7, 11) is 2.15. The second-order valence-electron chi connectivity index (χ2n) is 5.09. The Morgan fingerprint density at radius 3 is 2.59 bits per heavy atom. The van der Waals surface area contributed by atoms with Gasteiger partial charge >= 0.3 is 0 Å². The average Bonchev–Trinajstić information content (AvgIpc) is 2.51. The molecular formula is C16H21N. The third kappa shape index (κ3) is 1.90. The fourth-order valence-electron chi connectivity index (χ4n) is 2.60. The van der Waals surface area contributed by atoms with Crippen LogP contribution in [0.5, 0.6) is 0 Å². The van der Waals surface area contributed by atoms with Crippen molar-refractivity contribution in [2.24, 2.45) is 0 Å². The zero-order valence-electron chi connectivity index (χ0n) is 11.2. The third-order valence-electron chi connectivity index (χ3n) is 3.57. The van der Waals surface area contributed by atoms with E-state index in [2.05, 4.69) is 75.2 Å². The quantitative estimate of drug-likeness (QED) is 0.729. The molecule has 0 radical (unpaired) electrons. The molecule has 0 fully saturated rings. The fraction of sp³-hybridized carbons (Fsp3) is 0.375. The molecule has 1 heterocycles. The molecule has 2 rings (SSSR count). The Morgan fingerprint density at radius 1 is 1.24 bits per heavy atom. The van der Waals surface area contributed by atoms with Crippen molar-refractivity contribution in [1.29, 1.82) is 0 Å². The Labute approximate surface area is 104 Å². The summed E-state index contributed by atoms with van der Waals surface area (Å²) in [6.45, 7) is 6.75. The lowest BCUT2D eigenvalue weighted by molar-refractivity contribution is 0.640. The lowest BCUT2D eigenvalue weighted by atomic mass is 9.84. The van der Waals surface area contributed by atoms with E-state index in [0.29, 0.717) is 0 Å². The molecule has 0 saturated carbocycles. The first-order chi connectivity index (χ1) is 8.09. The predicted molar refractivity (Wildman–Crippen MR) is 75.4 cm³/mol. The second-order valence-corrected chi connectivity index (χ2v) is 5.09. The normalized spacial score (nSPS) is 20.2. The van der Waals surface area contributed by atoms with E-state index in [4.69, 9.17) is 0 Å². The van der Waals surface area contributed by atoms with Crippen molar-refractivity contribution in [2.45, 2.75) is 32.6 Å². The Hall–Kier alpha value is -1.50. The molecule has 1 heteroatoms. The first-order valence-electron chi connectivity index (χ1n) is 6.29. The van der Waals surface area contributed by atoms with Gasteiger partial charge in [0.1, 0.15) is 0 Å². The minimum atomic E-state index is 0.101. The molecule has 0 spiro atoms. The third-order valence-corrected chi connectivity index (χ3v) is 3.57. The lowest BCUT2D eigenvalue weighted by Gasteiger charge is -2.23. The number of para-hydroxylation sites is 1. The monoisotopic (exact) mass is 227 g/mol. The van der Waals surface area contributed by atoms with E-state index >= 15 is 0 Å². The summed E-state index contributed by atoms with van der Waals surface area (Å²) in [6, 6.07) is 8.66. The van der Waals surface area contributed by atoms with Gasteiger partial charge in [0, 0.05) is 23.8 Å². The molecule has 17 heavy (non-hydrogen) atoms. The van der Waals surface area contributed by atoms with Crippen LogP contribution in [0.15, 0.2) is 48.2 Å². The number of benzene rings is 1. The van der Waals surface area contributed by atoms with Gasteiger partial charge in [-0.25, -0.2) is 0 Å². The molecule has 1 aromatic rings. The summed E-state index contributed by atoms with van der Waals surface area (Å²) in [6.07, 6.45) is 7.68. The van der Waals surface area contributed by atoms with Gasteiger partial charge in [0.15, 0.2) is 0 Å². The molecule has 0 aliphatic carbocycles. The zero-order chi connectivity index (χ0) is 12.5. The van der Waals surface area contributed by atoms with Crippen LogP contribution in [0, 0.1) is 0 Å². The Kier molecular flexibility index (Phi) is 3.10. The van der Waals surface area contributed by atoms with E-state index in [0.717, 1.165) is 6.42 Å². The molecule has 0 saturated heterocycles. The van der Waals surface area contributed by atoms with E-state index < -0.39 is 0 Å². The summed E-state index contributed by atoms with van der Waals surface area (Å²) in [5, 5.41) is 0. The summed E-state index contributed by atoms with van der Waals surface area (Å²) < 4.78 is 0. The number of nitrogens with zero attached hydrogens (tertiary/aromatic N) is 1. The molecule has 1 aromatic carbocycles. The van der Waals surface area contributed by atoms with E-state index in [9.17, 15) is 0 Å². The van der Waals surface area contributed by atoms with Crippen LogP contribution in [-0.4, -0.2) is 7.05 Å². The van der Waals surface area contributed by atoms with Crippen molar-refractivity contribution < 1.29 is 0 Å². The smallest absolute Gasteiger partial charge is 0.0447 e.